The number of nitrogens with one attached hydrogen (secondary N) is 2. The molecule has 3 aromatic carbocycles. The van der Waals surface area contributed by atoms with Gasteiger partial charge in [0.2, 0.25) is 5.91 Å². The molecular weight excluding hydrogens is 348 g/mol. The molecule has 4 heteroatoms. The maximum Gasteiger partial charge on any atom is 0.243 e. The molecule has 0 unspecified atom stereocenters. The van der Waals surface area contributed by atoms with E-state index < -0.39 is 0 Å². The molecule has 0 saturated carbocycles. The van der Waals surface area contributed by atoms with E-state index in [9.17, 15) is 4.79 Å². The third-order valence-electron chi connectivity index (χ3n) is 4.55. The Bertz CT molecular complexity index is 906. The second-order valence-corrected chi connectivity index (χ2v) is 6.66. The van der Waals surface area contributed by atoms with E-state index in [-0.39, 0.29) is 12.5 Å². The number of para-hydroxylation sites is 1. The summed E-state index contributed by atoms with van der Waals surface area (Å²) in [5, 5.41) is 6.18. The first kappa shape index (κ1) is 19.5. The number of anilines is 2. The summed E-state index contributed by atoms with van der Waals surface area (Å²) in [6.07, 6.45) is 0.927. The summed E-state index contributed by atoms with van der Waals surface area (Å²) >= 11 is 0. The number of ether oxygens (including phenoxy) is 1. The van der Waals surface area contributed by atoms with E-state index in [2.05, 4.69) is 23.6 Å². The average Bonchev–Trinajstić information content (AvgIpc) is 2.73. The zero-order chi connectivity index (χ0) is 19.8. The van der Waals surface area contributed by atoms with E-state index >= 15 is 0 Å². The molecule has 0 saturated heterocycles. The SMILES string of the molecule is CCc1cccc(C)c1NCC(=O)Nc1ccc(OCc2ccccc2)cc1. The van der Waals surface area contributed by atoms with Crippen LogP contribution in [0.3, 0.4) is 0 Å². The lowest BCUT2D eigenvalue weighted by Gasteiger charge is -2.14. The van der Waals surface area contributed by atoms with Gasteiger partial charge in [0.15, 0.2) is 0 Å². The largest absolute Gasteiger partial charge is 0.489 e. The van der Waals surface area contributed by atoms with Crippen LogP contribution in [0.15, 0.2) is 72.8 Å². The molecule has 0 aliphatic heterocycles. The van der Waals surface area contributed by atoms with Crippen LogP contribution in [0.5, 0.6) is 5.75 Å². The normalized spacial score (nSPS) is 10.4. The fourth-order valence-corrected chi connectivity index (χ4v) is 3.03. The molecule has 4 nitrogen and oxygen atoms in total. The molecule has 0 spiro atoms. The number of carbonyl (C=O) groups is 1. The second-order valence-electron chi connectivity index (χ2n) is 6.66. The lowest BCUT2D eigenvalue weighted by atomic mass is 10.1. The van der Waals surface area contributed by atoms with Crippen LogP contribution in [0.1, 0.15) is 23.6 Å². The summed E-state index contributed by atoms with van der Waals surface area (Å²) in [5.41, 5.74) is 5.28. The minimum absolute atomic E-state index is 0.0803. The molecule has 28 heavy (non-hydrogen) atoms. The van der Waals surface area contributed by atoms with Crippen molar-refractivity contribution in [2.45, 2.75) is 26.9 Å². The van der Waals surface area contributed by atoms with Crippen molar-refractivity contribution in [2.75, 3.05) is 17.2 Å². The average molecular weight is 374 g/mol. The van der Waals surface area contributed by atoms with Crippen LogP contribution >= 0.6 is 0 Å². The van der Waals surface area contributed by atoms with Gasteiger partial charge in [-0.2, -0.15) is 0 Å². The van der Waals surface area contributed by atoms with Gasteiger partial charge in [-0.3, -0.25) is 4.79 Å². The highest BCUT2D eigenvalue weighted by atomic mass is 16.5. The van der Waals surface area contributed by atoms with Crippen molar-refractivity contribution in [3.05, 3.63) is 89.5 Å². The number of hydrogen-bond donors (Lipinski definition) is 2. The first-order valence-electron chi connectivity index (χ1n) is 9.54. The molecule has 3 rings (SSSR count). The number of benzene rings is 3. The quantitative estimate of drug-likeness (QED) is 0.571. The fourth-order valence-electron chi connectivity index (χ4n) is 3.03. The van der Waals surface area contributed by atoms with Crippen LogP contribution in [-0.2, 0) is 17.8 Å². The van der Waals surface area contributed by atoms with Gasteiger partial charge in [0, 0.05) is 11.4 Å². The van der Waals surface area contributed by atoms with E-state index in [1.54, 1.807) is 0 Å². The first-order chi connectivity index (χ1) is 13.7. The van der Waals surface area contributed by atoms with Crippen molar-refractivity contribution in [1.82, 2.24) is 0 Å². The summed E-state index contributed by atoms with van der Waals surface area (Å²) in [7, 11) is 0. The van der Waals surface area contributed by atoms with Crippen molar-refractivity contribution in [2.24, 2.45) is 0 Å². The summed E-state index contributed by atoms with van der Waals surface area (Å²) < 4.78 is 5.77. The van der Waals surface area contributed by atoms with Crippen LogP contribution in [-0.4, -0.2) is 12.5 Å². The highest BCUT2D eigenvalue weighted by molar-refractivity contribution is 5.94. The van der Waals surface area contributed by atoms with Gasteiger partial charge in [-0.25, -0.2) is 0 Å². The Hall–Kier alpha value is -3.27. The zero-order valence-corrected chi connectivity index (χ0v) is 16.4. The topological polar surface area (TPSA) is 50.4 Å². The summed E-state index contributed by atoms with van der Waals surface area (Å²) in [5.74, 6) is 0.690. The summed E-state index contributed by atoms with van der Waals surface area (Å²) in [6.45, 7) is 4.91. The van der Waals surface area contributed by atoms with Gasteiger partial charge in [-0.05, 0) is 54.3 Å². The number of amides is 1. The Morgan fingerprint density at radius 2 is 1.68 bits per heavy atom. The Morgan fingerprint density at radius 3 is 2.39 bits per heavy atom. The first-order valence-corrected chi connectivity index (χ1v) is 9.54. The van der Waals surface area contributed by atoms with E-state index in [4.69, 9.17) is 4.74 Å². The van der Waals surface area contributed by atoms with Gasteiger partial charge in [0.25, 0.3) is 0 Å². The maximum absolute atomic E-state index is 12.3. The molecular formula is C24H26N2O2. The fraction of sp³-hybridized carbons (Fsp3) is 0.208. The molecule has 0 heterocycles. The van der Waals surface area contributed by atoms with Crippen LogP contribution in [0.25, 0.3) is 0 Å². The van der Waals surface area contributed by atoms with Gasteiger partial charge < -0.3 is 15.4 Å². The molecule has 144 valence electrons. The molecule has 0 aliphatic carbocycles. The van der Waals surface area contributed by atoms with Crippen LogP contribution in [0.4, 0.5) is 11.4 Å². The highest BCUT2D eigenvalue weighted by Gasteiger charge is 2.07. The van der Waals surface area contributed by atoms with Crippen LogP contribution < -0.4 is 15.4 Å². The number of hydrogen-bond acceptors (Lipinski definition) is 3. The van der Waals surface area contributed by atoms with Crippen LogP contribution in [0, 0.1) is 6.92 Å². The Kier molecular flexibility index (Phi) is 6.68. The van der Waals surface area contributed by atoms with E-state index in [1.807, 2.05) is 73.7 Å². The Balaban J connectivity index is 1.50. The lowest BCUT2D eigenvalue weighted by molar-refractivity contribution is -0.114. The van der Waals surface area contributed by atoms with Crippen molar-refractivity contribution < 1.29 is 9.53 Å². The molecule has 2 N–H and O–H groups in total. The molecule has 0 fully saturated rings. The minimum Gasteiger partial charge on any atom is -0.489 e. The molecule has 0 aliphatic rings. The zero-order valence-electron chi connectivity index (χ0n) is 16.4. The van der Waals surface area contributed by atoms with Gasteiger partial charge in [-0.1, -0.05) is 55.5 Å². The second kappa shape index (κ2) is 9.60. The molecule has 0 radical (unpaired) electrons. The standard InChI is InChI=1S/C24H26N2O2/c1-3-20-11-7-8-18(2)24(20)25-16-23(27)26-21-12-14-22(15-13-21)28-17-19-9-5-4-6-10-19/h4-15,25H,3,16-17H2,1-2H3,(H,26,27). The number of aryl methyl sites for hydroxylation is 2. The Morgan fingerprint density at radius 1 is 0.929 bits per heavy atom. The molecule has 1 amide bonds. The third-order valence-corrected chi connectivity index (χ3v) is 4.55. The summed E-state index contributed by atoms with van der Waals surface area (Å²) in [4.78, 5) is 12.3. The smallest absolute Gasteiger partial charge is 0.243 e. The number of rotatable bonds is 8. The van der Waals surface area contributed by atoms with Crippen molar-refractivity contribution >= 4 is 17.3 Å². The molecule has 0 aromatic heterocycles. The van der Waals surface area contributed by atoms with Crippen LogP contribution in [0.2, 0.25) is 0 Å². The minimum atomic E-state index is -0.0803. The van der Waals surface area contributed by atoms with Gasteiger partial charge in [0.1, 0.15) is 12.4 Å². The van der Waals surface area contributed by atoms with Gasteiger partial charge >= 0.3 is 0 Å². The predicted octanol–water partition coefficient (Wildman–Crippen LogP) is 5.19. The molecule has 3 aromatic rings. The van der Waals surface area contributed by atoms with Gasteiger partial charge in [-0.15, -0.1) is 0 Å². The Labute approximate surface area is 166 Å². The van der Waals surface area contributed by atoms with Crippen molar-refractivity contribution in [3.8, 4) is 5.75 Å². The highest BCUT2D eigenvalue weighted by Crippen LogP contribution is 2.21. The number of carbonyl (C=O) groups excluding carboxylic acids is 1. The molecule has 0 atom stereocenters. The summed E-state index contributed by atoms with van der Waals surface area (Å²) in [6, 6.07) is 23.6. The van der Waals surface area contributed by atoms with E-state index in [0.29, 0.717) is 6.61 Å². The third kappa shape index (κ3) is 5.36. The van der Waals surface area contributed by atoms with Crippen molar-refractivity contribution in [3.63, 3.8) is 0 Å². The monoisotopic (exact) mass is 374 g/mol. The van der Waals surface area contributed by atoms with Gasteiger partial charge in [0.05, 0.1) is 6.54 Å². The van der Waals surface area contributed by atoms with Crippen molar-refractivity contribution in [1.29, 1.82) is 0 Å². The lowest BCUT2D eigenvalue weighted by Crippen LogP contribution is -2.22. The maximum atomic E-state index is 12.3. The predicted molar refractivity (Wildman–Crippen MR) is 115 cm³/mol. The van der Waals surface area contributed by atoms with E-state index in [1.165, 1.54) is 5.56 Å². The van der Waals surface area contributed by atoms with E-state index in [0.717, 1.165) is 34.7 Å². The molecule has 0 bridgehead atoms.